The summed E-state index contributed by atoms with van der Waals surface area (Å²) in [6.45, 7) is 5.43. The predicted molar refractivity (Wildman–Crippen MR) is 140 cm³/mol. The SMILES string of the molecule is CCCNC(=O)[C@@H](CC)N(Cc1cccc(OC)c1)C(=O)CN(c1ccc2c(c1)OCO2)S(=O)(=O)CC. The number of fused-ring (bicyclic) bond motifs is 1. The fraction of sp³-hybridized carbons (Fsp3) is 0.462. The van der Waals surface area contributed by atoms with Gasteiger partial charge in [-0.1, -0.05) is 26.0 Å². The zero-order valence-corrected chi connectivity index (χ0v) is 22.5. The van der Waals surface area contributed by atoms with Crippen LogP contribution in [0.1, 0.15) is 39.2 Å². The summed E-state index contributed by atoms with van der Waals surface area (Å²) in [4.78, 5) is 28.3. The van der Waals surface area contributed by atoms with Gasteiger partial charge in [0, 0.05) is 19.2 Å². The molecule has 0 saturated carbocycles. The van der Waals surface area contributed by atoms with Crippen molar-refractivity contribution in [3.05, 3.63) is 48.0 Å². The minimum atomic E-state index is -3.84. The van der Waals surface area contributed by atoms with Crippen molar-refractivity contribution in [3.8, 4) is 17.2 Å². The second-order valence-electron chi connectivity index (χ2n) is 8.53. The van der Waals surface area contributed by atoms with Gasteiger partial charge in [0.1, 0.15) is 18.3 Å². The van der Waals surface area contributed by atoms with Crippen molar-refractivity contribution >= 4 is 27.5 Å². The number of nitrogens with zero attached hydrogens (tertiary/aromatic N) is 2. The van der Waals surface area contributed by atoms with Gasteiger partial charge in [-0.2, -0.15) is 0 Å². The summed E-state index contributed by atoms with van der Waals surface area (Å²) in [5.74, 6) is 0.523. The van der Waals surface area contributed by atoms with E-state index in [0.29, 0.717) is 30.2 Å². The highest BCUT2D eigenvalue weighted by Crippen LogP contribution is 2.36. The average molecular weight is 534 g/mol. The normalized spacial score (nSPS) is 13.1. The van der Waals surface area contributed by atoms with Gasteiger partial charge in [-0.05, 0) is 49.6 Å². The zero-order valence-electron chi connectivity index (χ0n) is 21.7. The number of hydrogen-bond acceptors (Lipinski definition) is 7. The molecule has 0 aromatic heterocycles. The monoisotopic (exact) mass is 533 g/mol. The first kappa shape index (κ1) is 28.1. The molecule has 0 bridgehead atoms. The molecule has 10 nitrogen and oxygen atoms in total. The van der Waals surface area contributed by atoms with E-state index >= 15 is 0 Å². The third kappa shape index (κ3) is 6.85. The molecule has 0 saturated heterocycles. The Morgan fingerprint density at radius 2 is 1.84 bits per heavy atom. The van der Waals surface area contributed by atoms with Gasteiger partial charge in [0.05, 0.1) is 18.6 Å². The lowest BCUT2D eigenvalue weighted by Gasteiger charge is -2.33. The summed E-state index contributed by atoms with van der Waals surface area (Å²) >= 11 is 0. The van der Waals surface area contributed by atoms with Gasteiger partial charge < -0.3 is 24.4 Å². The topological polar surface area (TPSA) is 114 Å². The summed E-state index contributed by atoms with van der Waals surface area (Å²) in [5.41, 5.74) is 1.03. The lowest BCUT2D eigenvalue weighted by Crippen LogP contribution is -2.52. The molecule has 1 atom stereocenters. The van der Waals surface area contributed by atoms with E-state index < -0.39 is 28.5 Å². The molecule has 202 valence electrons. The molecular weight excluding hydrogens is 498 g/mol. The maximum atomic E-state index is 13.8. The van der Waals surface area contributed by atoms with Gasteiger partial charge in [0.15, 0.2) is 11.5 Å². The Hall–Kier alpha value is -3.47. The third-order valence-corrected chi connectivity index (χ3v) is 7.79. The van der Waals surface area contributed by atoms with Crippen LogP contribution in [0.25, 0.3) is 0 Å². The van der Waals surface area contributed by atoms with Crippen molar-refractivity contribution in [2.24, 2.45) is 0 Å². The quantitative estimate of drug-likeness (QED) is 0.421. The number of amides is 2. The van der Waals surface area contributed by atoms with E-state index in [1.54, 1.807) is 43.5 Å². The Bertz CT molecular complexity index is 1200. The zero-order chi connectivity index (χ0) is 27.0. The fourth-order valence-corrected chi connectivity index (χ4v) is 5.07. The first-order chi connectivity index (χ1) is 17.7. The van der Waals surface area contributed by atoms with E-state index in [0.717, 1.165) is 16.3 Å². The molecule has 2 aromatic carbocycles. The van der Waals surface area contributed by atoms with Crippen LogP contribution in [-0.2, 0) is 26.2 Å². The van der Waals surface area contributed by atoms with Gasteiger partial charge >= 0.3 is 0 Å². The number of benzene rings is 2. The molecule has 2 amide bonds. The Labute approximate surface area is 218 Å². The number of carbonyl (C=O) groups is 2. The Balaban J connectivity index is 1.97. The summed E-state index contributed by atoms with van der Waals surface area (Å²) in [5, 5.41) is 2.86. The van der Waals surface area contributed by atoms with E-state index in [1.165, 1.54) is 11.8 Å². The highest BCUT2D eigenvalue weighted by atomic mass is 32.2. The van der Waals surface area contributed by atoms with Crippen molar-refractivity contribution in [2.45, 2.75) is 46.2 Å². The summed E-state index contributed by atoms with van der Waals surface area (Å²) in [6, 6.07) is 11.2. The molecular formula is C26H35N3O7S. The molecule has 1 N–H and O–H groups in total. The minimum Gasteiger partial charge on any atom is -0.497 e. The number of carbonyl (C=O) groups excluding carboxylic acids is 2. The molecule has 0 fully saturated rings. The van der Waals surface area contributed by atoms with Crippen LogP contribution in [0.2, 0.25) is 0 Å². The molecule has 0 aliphatic carbocycles. The van der Waals surface area contributed by atoms with Gasteiger partial charge in [-0.25, -0.2) is 8.42 Å². The fourth-order valence-electron chi connectivity index (χ4n) is 4.01. The Kier molecular flexibility index (Phi) is 9.62. The van der Waals surface area contributed by atoms with Gasteiger partial charge in [-0.3, -0.25) is 13.9 Å². The Morgan fingerprint density at radius 3 is 2.51 bits per heavy atom. The van der Waals surface area contributed by atoms with E-state index in [-0.39, 0.29) is 30.7 Å². The van der Waals surface area contributed by atoms with Crippen LogP contribution in [0.15, 0.2) is 42.5 Å². The van der Waals surface area contributed by atoms with Crippen molar-refractivity contribution in [1.29, 1.82) is 0 Å². The van der Waals surface area contributed by atoms with E-state index in [2.05, 4.69) is 5.32 Å². The summed E-state index contributed by atoms with van der Waals surface area (Å²) in [6.07, 6.45) is 1.11. The molecule has 0 radical (unpaired) electrons. The molecule has 2 aromatic rings. The van der Waals surface area contributed by atoms with Crippen LogP contribution in [0, 0.1) is 0 Å². The van der Waals surface area contributed by atoms with E-state index in [9.17, 15) is 18.0 Å². The summed E-state index contributed by atoms with van der Waals surface area (Å²) in [7, 11) is -2.29. The first-order valence-corrected chi connectivity index (χ1v) is 13.9. The van der Waals surface area contributed by atoms with Crippen molar-refractivity contribution in [1.82, 2.24) is 10.2 Å². The van der Waals surface area contributed by atoms with Crippen LogP contribution < -0.4 is 23.8 Å². The lowest BCUT2D eigenvalue weighted by atomic mass is 10.1. The highest BCUT2D eigenvalue weighted by Gasteiger charge is 2.33. The third-order valence-electron chi connectivity index (χ3n) is 6.05. The number of sulfonamides is 1. The van der Waals surface area contributed by atoms with Gasteiger partial charge in [-0.15, -0.1) is 0 Å². The summed E-state index contributed by atoms with van der Waals surface area (Å²) < 4.78 is 43.3. The van der Waals surface area contributed by atoms with Crippen LogP contribution in [-0.4, -0.2) is 63.9 Å². The molecule has 37 heavy (non-hydrogen) atoms. The van der Waals surface area contributed by atoms with E-state index in [4.69, 9.17) is 14.2 Å². The molecule has 3 rings (SSSR count). The predicted octanol–water partition coefficient (Wildman–Crippen LogP) is 2.91. The van der Waals surface area contributed by atoms with E-state index in [1.807, 2.05) is 19.9 Å². The maximum absolute atomic E-state index is 13.8. The highest BCUT2D eigenvalue weighted by molar-refractivity contribution is 7.92. The van der Waals surface area contributed by atoms with Gasteiger partial charge in [0.25, 0.3) is 0 Å². The molecule has 0 unspecified atom stereocenters. The second-order valence-corrected chi connectivity index (χ2v) is 10.7. The first-order valence-electron chi connectivity index (χ1n) is 12.3. The van der Waals surface area contributed by atoms with Gasteiger partial charge in [0.2, 0.25) is 28.6 Å². The number of anilines is 1. The number of ether oxygens (including phenoxy) is 3. The number of hydrogen-bond donors (Lipinski definition) is 1. The second kappa shape index (κ2) is 12.7. The molecule has 0 spiro atoms. The van der Waals surface area contributed by atoms with Crippen LogP contribution >= 0.6 is 0 Å². The van der Waals surface area contributed by atoms with Crippen LogP contribution in [0.3, 0.4) is 0 Å². The number of nitrogens with one attached hydrogen (secondary N) is 1. The molecule has 1 aliphatic heterocycles. The Morgan fingerprint density at radius 1 is 1.08 bits per heavy atom. The average Bonchev–Trinajstić information content (AvgIpc) is 3.38. The lowest BCUT2D eigenvalue weighted by molar-refractivity contribution is -0.140. The largest absolute Gasteiger partial charge is 0.497 e. The van der Waals surface area contributed by atoms with Crippen LogP contribution in [0.4, 0.5) is 5.69 Å². The standard InChI is InChI=1S/C26H35N3O7S/c1-5-13-27-26(31)22(6-2)28(16-19-9-8-10-21(14-19)34-4)25(30)17-29(37(32,33)7-3)20-11-12-23-24(15-20)36-18-35-23/h8-12,14-15,22H,5-7,13,16-18H2,1-4H3,(H,27,31)/t22-/m1/s1. The van der Waals surface area contributed by atoms with Crippen molar-refractivity contribution in [2.75, 3.05) is 37.1 Å². The van der Waals surface area contributed by atoms with Crippen LogP contribution in [0.5, 0.6) is 17.2 Å². The minimum absolute atomic E-state index is 0.0393. The molecule has 1 heterocycles. The van der Waals surface area contributed by atoms with Crippen molar-refractivity contribution in [3.63, 3.8) is 0 Å². The maximum Gasteiger partial charge on any atom is 0.244 e. The molecule has 11 heteroatoms. The number of rotatable bonds is 13. The number of methoxy groups -OCH3 is 1. The smallest absolute Gasteiger partial charge is 0.244 e. The molecule has 1 aliphatic rings. The van der Waals surface area contributed by atoms with Crippen molar-refractivity contribution < 1.29 is 32.2 Å².